The van der Waals surface area contributed by atoms with Crippen LogP contribution in [0.25, 0.3) is 0 Å². The molecule has 0 aromatic rings. The first-order valence-corrected chi connectivity index (χ1v) is 11.2. The Morgan fingerprint density at radius 1 is 0.650 bits per heavy atom. The summed E-state index contributed by atoms with van der Waals surface area (Å²) >= 11 is -0.258. The molecule has 0 bridgehead atoms. The quantitative estimate of drug-likeness (QED) is 0.578. The molecule has 0 N–H and O–H groups in total. The second-order valence-electron chi connectivity index (χ2n) is 7.47. The Balaban J connectivity index is 0.000000720. The Morgan fingerprint density at radius 2 is 1.15 bits per heavy atom. The van der Waals surface area contributed by atoms with Gasteiger partial charge in [0.2, 0.25) is 0 Å². The van der Waals surface area contributed by atoms with Crippen LogP contribution >= 0.6 is 0 Å². The standard InChI is InChI=1S/C19H22.Zr.2H/c1-2-6-17-11-14(10-16(17)5-1)9-15-12-18-7-3-4-8-19(18)13-15;;;/h1-8,10,12,14-19H,9,11,13H2;;;/q;+2;2*-1. The second-order valence-corrected chi connectivity index (χ2v) is 11.6. The molecule has 0 nitrogen and oxygen atoms in total. The molecular weight excluding hydrogens is 319 g/mol. The van der Waals surface area contributed by atoms with Crippen LogP contribution in [0.3, 0.4) is 0 Å². The molecule has 8 atom stereocenters. The van der Waals surface area contributed by atoms with Crippen LogP contribution in [0.2, 0.25) is 7.25 Å². The summed E-state index contributed by atoms with van der Waals surface area (Å²) in [6, 6.07) is 0. The molecule has 0 radical (unpaired) electrons. The Morgan fingerprint density at radius 3 is 1.70 bits per heavy atom. The number of fused-ring (bicyclic) bond motifs is 6. The van der Waals surface area contributed by atoms with E-state index in [4.69, 9.17) is 0 Å². The van der Waals surface area contributed by atoms with Gasteiger partial charge in [0.1, 0.15) is 0 Å². The molecule has 104 valence electrons. The van der Waals surface area contributed by atoms with Crippen molar-refractivity contribution in [3.05, 3.63) is 48.6 Å². The van der Waals surface area contributed by atoms with Crippen molar-refractivity contribution in [1.29, 1.82) is 0 Å². The van der Waals surface area contributed by atoms with E-state index in [2.05, 4.69) is 48.6 Å². The minimum atomic E-state index is -0.258. The zero-order valence-electron chi connectivity index (χ0n) is 13.9. The summed E-state index contributed by atoms with van der Waals surface area (Å²) in [6.07, 6.45) is 24.0. The first kappa shape index (κ1) is 12.4. The van der Waals surface area contributed by atoms with Crippen molar-refractivity contribution in [3.8, 4) is 0 Å². The second kappa shape index (κ2) is 4.67. The summed E-state index contributed by atoms with van der Waals surface area (Å²) < 4.78 is 2.31. The predicted octanol–water partition coefficient (Wildman–Crippen LogP) is 5.03. The molecule has 2 saturated carbocycles. The third kappa shape index (κ3) is 1.75. The average Bonchev–Trinajstić information content (AvgIpc) is 3.02. The fourth-order valence-corrected chi connectivity index (χ4v) is 12.4. The normalized spacial score (nSPS) is 53.6. The van der Waals surface area contributed by atoms with Crippen LogP contribution in [0, 0.1) is 35.5 Å². The van der Waals surface area contributed by atoms with E-state index in [1.807, 2.05) is 0 Å². The van der Waals surface area contributed by atoms with Gasteiger partial charge in [-0.1, -0.05) is 0 Å². The van der Waals surface area contributed by atoms with Crippen LogP contribution in [-0.2, 0) is 23.2 Å². The van der Waals surface area contributed by atoms with Gasteiger partial charge in [0.15, 0.2) is 0 Å². The monoisotopic (exact) mass is 342 g/mol. The first-order valence-electron chi connectivity index (χ1n) is 8.36. The Hall–Kier alpha value is -0.157. The maximum atomic E-state index is 2.57. The maximum absolute atomic E-state index is 2.57. The van der Waals surface area contributed by atoms with Crippen LogP contribution in [0.15, 0.2) is 48.6 Å². The molecule has 20 heavy (non-hydrogen) atoms. The zero-order chi connectivity index (χ0) is 13.1. The van der Waals surface area contributed by atoms with Gasteiger partial charge in [-0.3, -0.25) is 0 Å². The van der Waals surface area contributed by atoms with Crippen molar-refractivity contribution < 1.29 is 26.1 Å². The van der Waals surface area contributed by atoms with E-state index in [1.165, 1.54) is 12.8 Å². The van der Waals surface area contributed by atoms with Gasteiger partial charge >= 0.3 is 134 Å². The summed E-state index contributed by atoms with van der Waals surface area (Å²) in [5.74, 6) is 5.90. The zero-order valence-corrected chi connectivity index (χ0v) is 14.3. The van der Waals surface area contributed by atoms with Gasteiger partial charge in [-0.15, -0.1) is 0 Å². The van der Waals surface area contributed by atoms with Gasteiger partial charge in [-0.05, 0) is 0 Å². The third-order valence-corrected chi connectivity index (χ3v) is 12.7. The van der Waals surface area contributed by atoms with E-state index in [0.29, 0.717) is 0 Å². The molecule has 1 saturated heterocycles. The van der Waals surface area contributed by atoms with E-state index in [-0.39, 0.29) is 26.1 Å². The summed E-state index contributed by atoms with van der Waals surface area (Å²) in [5.41, 5.74) is 0. The number of hydrogen-bond donors (Lipinski definition) is 0. The minimum absolute atomic E-state index is 0. The van der Waals surface area contributed by atoms with Crippen molar-refractivity contribution in [2.45, 2.75) is 26.5 Å². The van der Waals surface area contributed by atoms with Gasteiger partial charge in [-0.25, -0.2) is 0 Å². The van der Waals surface area contributed by atoms with Crippen LogP contribution < -0.4 is 0 Å². The molecule has 1 aliphatic heterocycles. The first-order chi connectivity index (χ1) is 9.90. The van der Waals surface area contributed by atoms with E-state index < -0.39 is 0 Å². The maximum Gasteiger partial charge on any atom is -1.00 e. The number of hydrogen-bond acceptors (Lipinski definition) is 0. The molecule has 4 aliphatic carbocycles. The van der Waals surface area contributed by atoms with Crippen molar-refractivity contribution in [3.63, 3.8) is 0 Å². The third-order valence-electron chi connectivity index (χ3n) is 6.58. The van der Waals surface area contributed by atoms with Gasteiger partial charge < -0.3 is 2.85 Å². The molecule has 3 fully saturated rings. The van der Waals surface area contributed by atoms with Crippen LogP contribution in [0.5, 0.6) is 0 Å². The Bertz CT molecular complexity index is 490. The number of allylic oxidation sites excluding steroid dienone is 8. The van der Waals surface area contributed by atoms with E-state index >= 15 is 0 Å². The smallest absolute Gasteiger partial charge is 1.00 e. The van der Waals surface area contributed by atoms with E-state index in [1.54, 1.807) is 6.42 Å². The topological polar surface area (TPSA) is 0 Å². The molecule has 8 unspecified atom stereocenters. The molecule has 5 rings (SSSR count). The Labute approximate surface area is 136 Å². The van der Waals surface area contributed by atoms with Crippen molar-refractivity contribution in [2.24, 2.45) is 35.5 Å². The largest absolute Gasteiger partial charge is 1.00 e. The number of rotatable bonds is 0. The molecule has 5 aliphatic rings. The Kier molecular flexibility index (Phi) is 2.89. The SMILES string of the molecule is C1=CC2CC3CC4CC5C=CC=CC5[CH]4[Zr+2][CH]3C2C=C1.[H-].[H-]. The van der Waals surface area contributed by atoms with Crippen molar-refractivity contribution >= 4 is 0 Å². The van der Waals surface area contributed by atoms with Gasteiger partial charge in [0.25, 0.3) is 0 Å². The molecule has 1 heterocycles. The van der Waals surface area contributed by atoms with Gasteiger partial charge in [0, 0.05) is 0 Å². The summed E-state index contributed by atoms with van der Waals surface area (Å²) in [7, 11) is 0. The summed E-state index contributed by atoms with van der Waals surface area (Å²) in [4.78, 5) is 0. The summed E-state index contributed by atoms with van der Waals surface area (Å²) in [5, 5.41) is 0. The summed E-state index contributed by atoms with van der Waals surface area (Å²) in [6.45, 7) is 0. The van der Waals surface area contributed by atoms with Gasteiger partial charge in [0.05, 0.1) is 0 Å². The molecule has 0 spiro atoms. The molecule has 0 aromatic heterocycles. The average molecular weight is 344 g/mol. The van der Waals surface area contributed by atoms with E-state index in [9.17, 15) is 0 Å². The molecule has 0 aromatic carbocycles. The fourth-order valence-electron chi connectivity index (χ4n) is 5.80. The van der Waals surface area contributed by atoms with Crippen LogP contribution in [0.1, 0.15) is 22.1 Å². The van der Waals surface area contributed by atoms with Gasteiger partial charge in [-0.2, -0.15) is 0 Å². The van der Waals surface area contributed by atoms with Crippen molar-refractivity contribution in [2.75, 3.05) is 0 Å². The van der Waals surface area contributed by atoms with Crippen LogP contribution in [0.4, 0.5) is 0 Å². The molecule has 1 heteroatoms. The predicted molar refractivity (Wildman–Crippen MR) is 81.1 cm³/mol. The van der Waals surface area contributed by atoms with E-state index in [0.717, 1.165) is 42.8 Å². The van der Waals surface area contributed by atoms with Crippen LogP contribution in [-0.4, -0.2) is 0 Å². The molecule has 0 amide bonds. The molecular formula is C19H24Zr. The minimum Gasteiger partial charge on any atom is -1.00 e. The fraction of sp³-hybridized carbons (Fsp3) is 0.579. The van der Waals surface area contributed by atoms with Crippen molar-refractivity contribution in [1.82, 2.24) is 0 Å².